The molecule has 0 amide bonds. The third-order valence-corrected chi connectivity index (χ3v) is 4.81. The lowest BCUT2D eigenvalue weighted by atomic mass is 10.0. The highest BCUT2D eigenvalue weighted by molar-refractivity contribution is 8.00. The quantitative estimate of drug-likeness (QED) is 0.880. The van der Waals surface area contributed by atoms with Crippen molar-refractivity contribution in [3.63, 3.8) is 0 Å². The Morgan fingerprint density at radius 2 is 2.06 bits per heavy atom. The Morgan fingerprint density at radius 3 is 2.65 bits per heavy atom. The summed E-state index contributed by atoms with van der Waals surface area (Å²) in [6.45, 7) is 2.14. The molecule has 94 valence electrons. The van der Waals surface area contributed by atoms with E-state index in [1.165, 1.54) is 37.0 Å². The summed E-state index contributed by atoms with van der Waals surface area (Å²) < 4.78 is 0. The standard InChI is InChI=1S/C14H22N2S/c1-11(15-2)14-9-8-13(10-16-14)17-12-6-4-3-5-7-12/h8-12,15H,3-7H2,1-2H3. The summed E-state index contributed by atoms with van der Waals surface area (Å²) in [7, 11) is 1.97. The zero-order chi connectivity index (χ0) is 12.1. The molecule has 1 N–H and O–H groups in total. The SMILES string of the molecule is CNC(C)c1ccc(SC2CCCCC2)cn1. The van der Waals surface area contributed by atoms with Crippen molar-refractivity contribution in [3.05, 3.63) is 24.0 Å². The first-order valence-corrected chi connectivity index (χ1v) is 7.47. The van der Waals surface area contributed by atoms with Crippen LogP contribution in [0, 0.1) is 0 Å². The Balaban J connectivity index is 1.93. The number of nitrogens with one attached hydrogen (secondary N) is 1. The maximum atomic E-state index is 4.53. The van der Waals surface area contributed by atoms with Gasteiger partial charge in [0.2, 0.25) is 0 Å². The van der Waals surface area contributed by atoms with Crippen molar-refractivity contribution in [2.75, 3.05) is 7.05 Å². The average Bonchev–Trinajstić information content (AvgIpc) is 2.40. The number of hydrogen-bond donors (Lipinski definition) is 1. The van der Waals surface area contributed by atoms with E-state index in [4.69, 9.17) is 0 Å². The first-order chi connectivity index (χ1) is 8.29. The summed E-state index contributed by atoms with van der Waals surface area (Å²) in [6, 6.07) is 4.70. The highest BCUT2D eigenvalue weighted by Gasteiger charge is 2.14. The maximum Gasteiger partial charge on any atom is 0.0571 e. The van der Waals surface area contributed by atoms with Crippen molar-refractivity contribution in [2.45, 2.75) is 55.2 Å². The van der Waals surface area contributed by atoms with Gasteiger partial charge < -0.3 is 5.32 Å². The summed E-state index contributed by atoms with van der Waals surface area (Å²) in [5.74, 6) is 0. The Morgan fingerprint density at radius 1 is 1.29 bits per heavy atom. The van der Waals surface area contributed by atoms with Crippen LogP contribution in [-0.4, -0.2) is 17.3 Å². The van der Waals surface area contributed by atoms with Crippen LogP contribution in [0.2, 0.25) is 0 Å². The van der Waals surface area contributed by atoms with Crippen molar-refractivity contribution in [2.24, 2.45) is 0 Å². The second-order valence-corrected chi connectivity index (χ2v) is 6.18. The molecule has 1 fully saturated rings. The van der Waals surface area contributed by atoms with Gasteiger partial charge in [-0.2, -0.15) is 0 Å². The fraction of sp³-hybridized carbons (Fsp3) is 0.643. The van der Waals surface area contributed by atoms with E-state index in [0.717, 1.165) is 10.9 Å². The molecule has 0 saturated heterocycles. The van der Waals surface area contributed by atoms with Gasteiger partial charge in [-0.05, 0) is 38.9 Å². The molecule has 0 bridgehead atoms. The molecule has 0 spiro atoms. The van der Waals surface area contributed by atoms with Crippen molar-refractivity contribution in [3.8, 4) is 0 Å². The minimum absolute atomic E-state index is 0.337. The van der Waals surface area contributed by atoms with Crippen LogP contribution in [0.3, 0.4) is 0 Å². The van der Waals surface area contributed by atoms with E-state index in [2.05, 4.69) is 29.4 Å². The molecule has 17 heavy (non-hydrogen) atoms. The third-order valence-electron chi connectivity index (χ3n) is 3.49. The van der Waals surface area contributed by atoms with E-state index in [9.17, 15) is 0 Å². The number of rotatable bonds is 4. The van der Waals surface area contributed by atoms with Gasteiger partial charge in [-0.15, -0.1) is 11.8 Å². The highest BCUT2D eigenvalue weighted by Crippen LogP contribution is 2.33. The van der Waals surface area contributed by atoms with Crippen LogP contribution in [0.4, 0.5) is 0 Å². The summed E-state index contributed by atoms with van der Waals surface area (Å²) in [6.07, 6.45) is 9.01. The number of nitrogens with zero attached hydrogens (tertiary/aromatic N) is 1. The van der Waals surface area contributed by atoms with Crippen LogP contribution in [-0.2, 0) is 0 Å². The minimum atomic E-state index is 0.337. The van der Waals surface area contributed by atoms with Crippen LogP contribution in [0.25, 0.3) is 0 Å². The molecule has 0 aliphatic heterocycles. The highest BCUT2D eigenvalue weighted by atomic mass is 32.2. The third kappa shape index (κ3) is 3.71. The zero-order valence-electron chi connectivity index (χ0n) is 10.8. The largest absolute Gasteiger partial charge is 0.312 e. The molecule has 1 heterocycles. The Bertz CT molecular complexity index is 331. The second-order valence-electron chi connectivity index (χ2n) is 4.81. The van der Waals surface area contributed by atoms with Crippen molar-refractivity contribution < 1.29 is 0 Å². The van der Waals surface area contributed by atoms with Gasteiger partial charge in [0.25, 0.3) is 0 Å². The minimum Gasteiger partial charge on any atom is -0.312 e. The Hall–Kier alpha value is -0.540. The van der Waals surface area contributed by atoms with Gasteiger partial charge in [0.05, 0.1) is 5.69 Å². The van der Waals surface area contributed by atoms with Crippen molar-refractivity contribution in [1.82, 2.24) is 10.3 Å². The van der Waals surface area contributed by atoms with E-state index in [1.54, 1.807) is 0 Å². The molecule has 0 aromatic carbocycles. The van der Waals surface area contributed by atoms with Crippen LogP contribution in [0.15, 0.2) is 23.2 Å². The summed E-state index contributed by atoms with van der Waals surface area (Å²) >= 11 is 2.01. The second kappa shape index (κ2) is 6.41. The lowest BCUT2D eigenvalue weighted by Gasteiger charge is -2.20. The van der Waals surface area contributed by atoms with E-state index < -0.39 is 0 Å². The molecular formula is C14H22N2S. The van der Waals surface area contributed by atoms with Gasteiger partial charge in [0, 0.05) is 22.4 Å². The molecule has 2 nitrogen and oxygen atoms in total. The van der Waals surface area contributed by atoms with Gasteiger partial charge in [0.15, 0.2) is 0 Å². The summed E-state index contributed by atoms with van der Waals surface area (Å²) in [4.78, 5) is 5.85. The molecule has 1 aromatic rings. The smallest absolute Gasteiger partial charge is 0.0571 e. The zero-order valence-corrected chi connectivity index (χ0v) is 11.6. The fourth-order valence-corrected chi connectivity index (χ4v) is 3.46. The molecule has 1 saturated carbocycles. The molecule has 1 aromatic heterocycles. The molecule has 0 radical (unpaired) electrons. The topological polar surface area (TPSA) is 24.9 Å². The van der Waals surface area contributed by atoms with Gasteiger partial charge in [0.1, 0.15) is 0 Å². The number of thioether (sulfide) groups is 1. The van der Waals surface area contributed by atoms with Gasteiger partial charge in [-0.3, -0.25) is 4.98 Å². The van der Waals surface area contributed by atoms with E-state index in [-0.39, 0.29) is 0 Å². The molecular weight excluding hydrogens is 228 g/mol. The molecule has 1 aliphatic carbocycles. The summed E-state index contributed by atoms with van der Waals surface area (Å²) in [5, 5.41) is 4.03. The van der Waals surface area contributed by atoms with Gasteiger partial charge >= 0.3 is 0 Å². The Kier molecular flexibility index (Phi) is 4.86. The fourth-order valence-electron chi connectivity index (χ4n) is 2.24. The average molecular weight is 250 g/mol. The van der Waals surface area contributed by atoms with Crippen LogP contribution in [0.1, 0.15) is 50.8 Å². The first-order valence-electron chi connectivity index (χ1n) is 6.59. The Labute approximate surface area is 109 Å². The summed E-state index contributed by atoms with van der Waals surface area (Å²) in [5.41, 5.74) is 1.13. The van der Waals surface area contributed by atoms with Crippen LogP contribution >= 0.6 is 11.8 Å². The molecule has 1 unspecified atom stereocenters. The first kappa shape index (κ1) is 12.9. The predicted molar refractivity (Wildman–Crippen MR) is 74.4 cm³/mol. The lowest BCUT2D eigenvalue weighted by molar-refractivity contribution is 0.516. The van der Waals surface area contributed by atoms with Crippen molar-refractivity contribution >= 4 is 11.8 Å². The van der Waals surface area contributed by atoms with Crippen molar-refractivity contribution in [1.29, 1.82) is 0 Å². The van der Waals surface area contributed by atoms with E-state index in [1.807, 2.05) is 25.0 Å². The number of aromatic nitrogens is 1. The predicted octanol–water partition coefficient (Wildman–Crippen LogP) is 3.79. The van der Waals surface area contributed by atoms with Gasteiger partial charge in [-0.25, -0.2) is 0 Å². The molecule has 2 rings (SSSR count). The molecule has 3 heteroatoms. The maximum absolute atomic E-state index is 4.53. The monoisotopic (exact) mass is 250 g/mol. The normalized spacial score (nSPS) is 19.2. The molecule has 1 atom stereocenters. The lowest BCUT2D eigenvalue weighted by Crippen LogP contribution is -2.13. The van der Waals surface area contributed by atoms with E-state index >= 15 is 0 Å². The van der Waals surface area contributed by atoms with Crippen LogP contribution < -0.4 is 5.32 Å². The number of pyridine rings is 1. The molecule has 1 aliphatic rings. The van der Waals surface area contributed by atoms with Crippen LogP contribution in [0.5, 0.6) is 0 Å². The van der Waals surface area contributed by atoms with E-state index in [0.29, 0.717) is 6.04 Å². The van der Waals surface area contributed by atoms with Gasteiger partial charge in [-0.1, -0.05) is 19.3 Å². The number of hydrogen-bond acceptors (Lipinski definition) is 3.